The smallest absolute Gasteiger partial charge is 0.310 e. The number of rotatable bonds is 7. The largest absolute Gasteiger partial charge is 0.494 e. The molecule has 1 aliphatic rings. The van der Waals surface area contributed by atoms with Crippen molar-refractivity contribution in [3.8, 4) is 5.75 Å². The molecule has 3 rings (SSSR count). The second-order valence-electron chi connectivity index (χ2n) is 6.62. The van der Waals surface area contributed by atoms with Crippen LogP contribution in [-0.4, -0.2) is 37.2 Å². The summed E-state index contributed by atoms with van der Waals surface area (Å²) in [5, 5.41) is 0. The van der Waals surface area contributed by atoms with Crippen molar-refractivity contribution in [2.45, 2.75) is 26.3 Å². The quantitative estimate of drug-likeness (QED) is 0.709. The number of para-hydroxylation sites is 1. The SMILES string of the molecule is CCOC(=O)C1CN(Cc2ccccc2)CC1c1ccccc1OCC. The summed E-state index contributed by atoms with van der Waals surface area (Å²) >= 11 is 0. The third kappa shape index (κ3) is 4.25. The van der Waals surface area contributed by atoms with E-state index in [1.165, 1.54) is 5.56 Å². The van der Waals surface area contributed by atoms with Crippen molar-refractivity contribution >= 4 is 5.97 Å². The molecule has 2 unspecified atom stereocenters. The summed E-state index contributed by atoms with van der Waals surface area (Å²) in [6.07, 6.45) is 0. The van der Waals surface area contributed by atoms with Gasteiger partial charge in [0, 0.05) is 25.6 Å². The number of carbonyl (C=O) groups excluding carboxylic acids is 1. The Labute approximate surface area is 155 Å². The summed E-state index contributed by atoms with van der Waals surface area (Å²) in [5.41, 5.74) is 2.36. The molecule has 0 aliphatic carbocycles. The lowest BCUT2D eigenvalue weighted by atomic mass is 9.88. The average Bonchev–Trinajstić information content (AvgIpc) is 3.07. The van der Waals surface area contributed by atoms with Crippen LogP contribution in [0.25, 0.3) is 0 Å². The van der Waals surface area contributed by atoms with E-state index >= 15 is 0 Å². The molecule has 0 spiro atoms. The minimum absolute atomic E-state index is 0.0838. The fourth-order valence-corrected chi connectivity index (χ4v) is 3.73. The Morgan fingerprint density at radius 1 is 1.00 bits per heavy atom. The van der Waals surface area contributed by atoms with Gasteiger partial charge < -0.3 is 9.47 Å². The van der Waals surface area contributed by atoms with Crippen molar-refractivity contribution in [2.24, 2.45) is 5.92 Å². The van der Waals surface area contributed by atoms with Crippen molar-refractivity contribution < 1.29 is 14.3 Å². The number of carbonyl (C=O) groups is 1. The highest BCUT2D eigenvalue weighted by molar-refractivity contribution is 5.75. The van der Waals surface area contributed by atoms with E-state index in [1.54, 1.807) is 0 Å². The zero-order valence-corrected chi connectivity index (χ0v) is 15.6. The number of esters is 1. The third-order valence-corrected chi connectivity index (χ3v) is 4.85. The maximum Gasteiger partial charge on any atom is 0.310 e. The Kier molecular flexibility index (Phi) is 6.29. The van der Waals surface area contributed by atoms with Crippen LogP contribution in [0.1, 0.15) is 30.9 Å². The van der Waals surface area contributed by atoms with Gasteiger partial charge in [0.05, 0.1) is 19.1 Å². The molecule has 0 N–H and O–H groups in total. The molecule has 4 heteroatoms. The molecule has 0 bridgehead atoms. The number of ether oxygens (including phenoxy) is 2. The highest BCUT2D eigenvalue weighted by Crippen LogP contribution is 2.38. The van der Waals surface area contributed by atoms with Crippen LogP contribution < -0.4 is 4.74 Å². The van der Waals surface area contributed by atoms with E-state index in [4.69, 9.17) is 9.47 Å². The molecule has 1 aliphatic heterocycles. The van der Waals surface area contributed by atoms with Gasteiger partial charge in [-0.1, -0.05) is 48.5 Å². The monoisotopic (exact) mass is 353 g/mol. The first-order chi connectivity index (χ1) is 12.7. The summed E-state index contributed by atoms with van der Waals surface area (Å²) in [6, 6.07) is 18.4. The van der Waals surface area contributed by atoms with Gasteiger partial charge in [-0.3, -0.25) is 9.69 Å². The molecule has 0 amide bonds. The van der Waals surface area contributed by atoms with Crippen LogP contribution in [0.4, 0.5) is 0 Å². The van der Waals surface area contributed by atoms with Crippen molar-refractivity contribution in [3.63, 3.8) is 0 Å². The zero-order valence-electron chi connectivity index (χ0n) is 15.6. The average molecular weight is 353 g/mol. The van der Waals surface area contributed by atoms with Gasteiger partial charge in [0.1, 0.15) is 5.75 Å². The lowest BCUT2D eigenvalue weighted by Gasteiger charge is -2.20. The van der Waals surface area contributed by atoms with Gasteiger partial charge in [-0.2, -0.15) is 0 Å². The van der Waals surface area contributed by atoms with Gasteiger partial charge in [0.25, 0.3) is 0 Å². The maximum absolute atomic E-state index is 12.6. The molecular weight excluding hydrogens is 326 g/mol. The number of benzene rings is 2. The first-order valence-electron chi connectivity index (χ1n) is 9.37. The predicted molar refractivity (Wildman–Crippen MR) is 102 cm³/mol. The van der Waals surface area contributed by atoms with E-state index in [9.17, 15) is 4.79 Å². The highest BCUT2D eigenvalue weighted by Gasteiger charge is 2.40. The first kappa shape index (κ1) is 18.5. The fraction of sp³-hybridized carbons (Fsp3) is 0.409. The molecule has 2 atom stereocenters. The highest BCUT2D eigenvalue weighted by atomic mass is 16.5. The summed E-state index contributed by atoms with van der Waals surface area (Å²) < 4.78 is 11.2. The Hall–Kier alpha value is -2.33. The van der Waals surface area contributed by atoms with Crippen LogP contribution in [0.3, 0.4) is 0 Å². The molecule has 26 heavy (non-hydrogen) atoms. The van der Waals surface area contributed by atoms with Crippen molar-refractivity contribution in [3.05, 3.63) is 65.7 Å². The van der Waals surface area contributed by atoms with Crippen LogP contribution in [0.2, 0.25) is 0 Å². The van der Waals surface area contributed by atoms with Gasteiger partial charge in [0.15, 0.2) is 0 Å². The topological polar surface area (TPSA) is 38.8 Å². The summed E-state index contributed by atoms with van der Waals surface area (Å²) in [6.45, 7) is 7.23. The molecule has 2 aromatic rings. The van der Waals surface area contributed by atoms with E-state index in [-0.39, 0.29) is 17.8 Å². The molecule has 0 aromatic heterocycles. The Bertz CT molecular complexity index is 716. The molecule has 1 saturated heterocycles. The van der Waals surface area contributed by atoms with Crippen molar-refractivity contribution in [1.29, 1.82) is 0 Å². The van der Waals surface area contributed by atoms with Crippen LogP contribution >= 0.6 is 0 Å². The number of likely N-dealkylation sites (tertiary alicyclic amines) is 1. The lowest BCUT2D eigenvalue weighted by molar-refractivity contribution is -0.148. The number of hydrogen-bond donors (Lipinski definition) is 0. The molecule has 2 aromatic carbocycles. The minimum Gasteiger partial charge on any atom is -0.494 e. The van der Waals surface area contributed by atoms with E-state index < -0.39 is 0 Å². The van der Waals surface area contributed by atoms with Crippen LogP contribution in [-0.2, 0) is 16.1 Å². The summed E-state index contributed by atoms with van der Waals surface area (Å²) in [4.78, 5) is 14.9. The third-order valence-electron chi connectivity index (χ3n) is 4.85. The Balaban J connectivity index is 1.84. The van der Waals surface area contributed by atoms with Crippen LogP contribution in [0.5, 0.6) is 5.75 Å². The lowest BCUT2D eigenvalue weighted by Crippen LogP contribution is -2.25. The molecule has 0 saturated carbocycles. The fourth-order valence-electron chi connectivity index (χ4n) is 3.73. The van der Waals surface area contributed by atoms with Crippen LogP contribution in [0.15, 0.2) is 54.6 Å². The second kappa shape index (κ2) is 8.86. The molecular formula is C22H27NO3. The van der Waals surface area contributed by atoms with Gasteiger partial charge in [-0.15, -0.1) is 0 Å². The molecule has 1 heterocycles. The predicted octanol–water partition coefficient (Wildman–Crippen LogP) is 3.86. The number of hydrogen-bond acceptors (Lipinski definition) is 4. The number of nitrogens with zero attached hydrogens (tertiary/aromatic N) is 1. The summed E-state index contributed by atoms with van der Waals surface area (Å²) in [7, 11) is 0. The van der Waals surface area contributed by atoms with Crippen molar-refractivity contribution in [2.75, 3.05) is 26.3 Å². The minimum atomic E-state index is -0.166. The van der Waals surface area contributed by atoms with E-state index in [1.807, 2.05) is 38.1 Å². The molecule has 4 nitrogen and oxygen atoms in total. The second-order valence-corrected chi connectivity index (χ2v) is 6.62. The molecule has 0 radical (unpaired) electrons. The van der Waals surface area contributed by atoms with E-state index in [2.05, 4.69) is 35.2 Å². The standard InChI is InChI=1S/C22H27NO3/c1-3-25-21-13-9-8-12-18(21)19-15-23(14-17-10-6-5-7-11-17)16-20(19)22(24)26-4-2/h5-13,19-20H,3-4,14-16H2,1-2H3. The van der Waals surface area contributed by atoms with Gasteiger partial charge in [-0.25, -0.2) is 0 Å². The van der Waals surface area contributed by atoms with Crippen molar-refractivity contribution in [1.82, 2.24) is 4.90 Å². The zero-order chi connectivity index (χ0) is 18.4. The Morgan fingerprint density at radius 3 is 2.46 bits per heavy atom. The maximum atomic E-state index is 12.6. The van der Waals surface area contributed by atoms with Crippen LogP contribution in [0, 0.1) is 5.92 Å². The first-order valence-corrected chi connectivity index (χ1v) is 9.37. The van der Waals surface area contributed by atoms with E-state index in [0.717, 1.165) is 24.4 Å². The van der Waals surface area contributed by atoms with Gasteiger partial charge in [0.2, 0.25) is 0 Å². The molecule has 1 fully saturated rings. The summed E-state index contributed by atoms with van der Waals surface area (Å²) in [5.74, 6) is 0.677. The normalized spacial score (nSPS) is 20.1. The van der Waals surface area contributed by atoms with Gasteiger partial charge >= 0.3 is 5.97 Å². The Morgan fingerprint density at radius 2 is 1.73 bits per heavy atom. The molecule has 138 valence electrons. The van der Waals surface area contributed by atoms with Gasteiger partial charge in [-0.05, 0) is 31.0 Å². The van der Waals surface area contributed by atoms with E-state index in [0.29, 0.717) is 19.8 Å².